The highest BCUT2D eigenvalue weighted by Crippen LogP contribution is 2.27. The van der Waals surface area contributed by atoms with Crippen molar-refractivity contribution in [3.63, 3.8) is 0 Å². The van der Waals surface area contributed by atoms with E-state index in [4.69, 9.17) is 9.47 Å². The van der Waals surface area contributed by atoms with Crippen molar-refractivity contribution >= 4 is 0 Å². The molecule has 1 aromatic carbocycles. The summed E-state index contributed by atoms with van der Waals surface area (Å²) in [6.45, 7) is 3.50. The molecular formula is C14H23NO3. The monoisotopic (exact) mass is 253 g/mol. The Kier molecular flexibility index (Phi) is 5.95. The topological polar surface area (TPSA) is 41.9 Å². The molecule has 0 spiro atoms. The second-order valence-electron chi connectivity index (χ2n) is 4.56. The smallest absolute Gasteiger partial charge is 0.161 e. The van der Waals surface area contributed by atoms with E-state index >= 15 is 0 Å². The predicted molar refractivity (Wildman–Crippen MR) is 72.2 cm³/mol. The van der Waals surface area contributed by atoms with E-state index in [1.165, 1.54) is 5.56 Å². The molecule has 0 aromatic heterocycles. The lowest BCUT2D eigenvalue weighted by atomic mass is 10.2. The molecule has 0 aliphatic carbocycles. The Bertz CT molecular complexity index is 366. The molecular weight excluding hydrogens is 230 g/mol. The Morgan fingerprint density at radius 2 is 1.89 bits per heavy atom. The lowest BCUT2D eigenvalue weighted by Gasteiger charge is -2.18. The summed E-state index contributed by atoms with van der Waals surface area (Å²) in [6.07, 6.45) is 0.530. The van der Waals surface area contributed by atoms with Gasteiger partial charge in [-0.2, -0.15) is 0 Å². The summed E-state index contributed by atoms with van der Waals surface area (Å²) in [7, 11) is 5.31. The van der Waals surface area contributed by atoms with Gasteiger partial charge < -0.3 is 19.5 Å². The fourth-order valence-corrected chi connectivity index (χ4v) is 1.78. The number of aliphatic hydroxyl groups excluding tert-OH is 1. The largest absolute Gasteiger partial charge is 0.493 e. The molecule has 0 heterocycles. The van der Waals surface area contributed by atoms with Gasteiger partial charge in [0.2, 0.25) is 0 Å². The molecule has 1 atom stereocenters. The van der Waals surface area contributed by atoms with Crippen LogP contribution in [0.3, 0.4) is 0 Å². The van der Waals surface area contributed by atoms with Crippen LogP contribution in [0.25, 0.3) is 0 Å². The Morgan fingerprint density at radius 1 is 1.22 bits per heavy atom. The molecule has 0 aliphatic rings. The first-order valence-corrected chi connectivity index (χ1v) is 6.14. The fourth-order valence-electron chi connectivity index (χ4n) is 1.78. The molecule has 18 heavy (non-hydrogen) atoms. The van der Waals surface area contributed by atoms with Gasteiger partial charge in [0.05, 0.1) is 20.3 Å². The van der Waals surface area contributed by atoms with Gasteiger partial charge in [-0.25, -0.2) is 0 Å². The van der Waals surface area contributed by atoms with Gasteiger partial charge >= 0.3 is 0 Å². The molecule has 0 saturated heterocycles. The van der Waals surface area contributed by atoms with Gasteiger partial charge in [-0.05, 0) is 38.1 Å². The summed E-state index contributed by atoms with van der Waals surface area (Å²) in [5.41, 5.74) is 1.17. The zero-order valence-electron chi connectivity index (χ0n) is 11.6. The highest BCUT2D eigenvalue weighted by atomic mass is 16.5. The number of nitrogens with zero attached hydrogens (tertiary/aromatic N) is 1. The summed E-state index contributed by atoms with van der Waals surface area (Å²) in [4.78, 5) is 2.17. The SMILES string of the molecule is COc1ccc(CN(C)CCC(C)O)cc1OC. The Labute approximate surface area is 109 Å². The lowest BCUT2D eigenvalue weighted by Crippen LogP contribution is -2.22. The number of benzene rings is 1. The second kappa shape index (κ2) is 7.24. The summed E-state index contributed by atoms with van der Waals surface area (Å²) in [5.74, 6) is 1.49. The van der Waals surface area contributed by atoms with Crippen LogP contribution in [0.1, 0.15) is 18.9 Å². The van der Waals surface area contributed by atoms with Crippen molar-refractivity contribution in [2.75, 3.05) is 27.8 Å². The maximum atomic E-state index is 9.25. The van der Waals surface area contributed by atoms with Crippen LogP contribution in [0.5, 0.6) is 11.5 Å². The molecule has 4 heteroatoms. The predicted octanol–water partition coefficient (Wildman–Crippen LogP) is 1.91. The van der Waals surface area contributed by atoms with Crippen LogP contribution in [0, 0.1) is 0 Å². The minimum absolute atomic E-state index is 0.252. The van der Waals surface area contributed by atoms with Crippen LogP contribution in [0.2, 0.25) is 0 Å². The molecule has 1 N–H and O–H groups in total. The van der Waals surface area contributed by atoms with E-state index in [-0.39, 0.29) is 6.10 Å². The maximum Gasteiger partial charge on any atom is 0.161 e. The molecule has 1 aromatic rings. The average Bonchev–Trinajstić information content (AvgIpc) is 2.36. The molecule has 0 amide bonds. The highest BCUT2D eigenvalue weighted by molar-refractivity contribution is 5.42. The van der Waals surface area contributed by atoms with E-state index in [0.29, 0.717) is 0 Å². The number of methoxy groups -OCH3 is 2. The van der Waals surface area contributed by atoms with Gasteiger partial charge in [0.1, 0.15) is 0 Å². The van der Waals surface area contributed by atoms with Crippen molar-refractivity contribution < 1.29 is 14.6 Å². The minimum Gasteiger partial charge on any atom is -0.493 e. The molecule has 0 bridgehead atoms. The van der Waals surface area contributed by atoms with Crippen LogP contribution in [-0.4, -0.2) is 43.9 Å². The maximum absolute atomic E-state index is 9.25. The number of hydrogen-bond acceptors (Lipinski definition) is 4. The van der Waals surface area contributed by atoms with Crippen molar-refractivity contribution in [1.29, 1.82) is 0 Å². The summed E-state index contributed by atoms with van der Waals surface area (Å²) in [6, 6.07) is 5.93. The van der Waals surface area contributed by atoms with Crippen molar-refractivity contribution in [3.05, 3.63) is 23.8 Å². The average molecular weight is 253 g/mol. The van der Waals surface area contributed by atoms with Crippen LogP contribution in [0.15, 0.2) is 18.2 Å². The minimum atomic E-state index is -0.252. The fraction of sp³-hybridized carbons (Fsp3) is 0.571. The zero-order chi connectivity index (χ0) is 13.5. The van der Waals surface area contributed by atoms with Crippen LogP contribution in [-0.2, 0) is 6.54 Å². The van der Waals surface area contributed by atoms with Crippen LogP contribution >= 0.6 is 0 Å². The quantitative estimate of drug-likeness (QED) is 0.806. The van der Waals surface area contributed by atoms with Crippen LogP contribution < -0.4 is 9.47 Å². The first-order valence-electron chi connectivity index (χ1n) is 6.14. The van der Waals surface area contributed by atoms with Gasteiger partial charge in [-0.3, -0.25) is 0 Å². The molecule has 0 fully saturated rings. The Hall–Kier alpha value is -1.26. The van der Waals surface area contributed by atoms with E-state index < -0.39 is 0 Å². The number of aliphatic hydroxyl groups is 1. The standard InChI is InChI=1S/C14H23NO3/c1-11(16)7-8-15(2)10-12-5-6-13(17-3)14(9-12)18-4/h5-6,9,11,16H,7-8,10H2,1-4H3. The Morgan fingerprint density at radius 3 is 2.44 bits per heavy atom. The van der Waals surface area contributed by atoms with Gasteiger partial charge in [-0.1, -0.05) is 6.07 Å². The molecule has 4 nitrogen and oxygen atoms in total. The number of hydrogen-bond donors (Lipinski definition) is 1. The zero-order valence-corrected chi connectivity index (χ0v) is 11.6. The van der Waals surface area contributed by atoms with Gasteiger partial charge in [-0.15, -0.1) is 0 Å². The first kappa shape index (κ1) is 14.8. The third kappa shape index (κ3) is 4.55. The van der Waals surface area contributed by atoms with Crippen molar-refractivity contribution in [2.45, 2.75) is 26.0 Å². The van der Waals surface area contributed by atoms with Crippen molar-refractivity contribution in [3.8, 4) is 11.5 Å². The van der Waals surface area contributed by atoms with Crippen LogP contribution in [0.4, 0.5) is 0 Å². The van der Waals surface area contributed by atoms with E-state index in [2.05, 4.69) is 4.90 Å². The van der Waals surface area contributed by atoms with Gasteiger partial charge in [0.25, 0.3) is 0 Å². The summed E-state index contributed by atoms with van der Waals surface area (Å²) >= 11 is 0. The lowest BCUT2D eigenvalue weighted by molar-refractivity contribution is 0.163. The first-order chi connectivity index (χ1) is 8.56. The molecule has 1 unspecified atom stereocenters. The van der Waals surface area contributed by atoms with E-state index in [1.54, 1.807) is 14.2 Å². The molecule has 1 rings (SSSR count). The number of rotatable bonds is 7. The summed E-state index contributed by atoms with van der Waals surface area (Å²) in [5, 5.41) is 9.25. The van der Waals surface area contributed by atoms with Crippen molar-refractivity contribution in [2.24, 2.45) is 0 Å². The second-order valence-corrected chi connectivity index (χ2v) is 4.56. The highest BCUT2D eigenvalue weighted by Gasteiger charge is 2.07. The molecule has 102 valence electrons. The van der Waals surface area contributed by atoms with Gasteiger partial charge in [0, 0.05) is 13.1 Å². The molecule has 0 aliphatic heterocycles. The van der Waals surface area contributed by atoms with Crippen molar-refractivity contribution in [1.82, 2.24) is 4.90 Å². The van der Waals surface area contributed by atoms with E-state index in [0.717, 1.165) is 31.0 Å². The van der Waals surface area contributed by atoms with Gasteiger partial charge in [0.15, 0.2) is 11.5 Å². The molecule has 0 saturated carbocycles. The Balaban J connectivity index is 2.61. The molecule has 0 radical (unpaired) electrons. The summed E-state index contributed by atoms with van der Waals surface area (Å²) < 4.78 is 10.5. The normalized spacial score (nSPS) is 12.6. The third-order valence-electron chi connectivity index (χ3n) is 2.83. The van der Waals surface area contributed by atoms with E-state index in [1.807, 2.05) is 32.2 Å². The van der Waals surface area contributed by atoms with E-state index in [9.17, 15) is 5.11 Å². The number of ether oxygens (including phenoxy) is 2. The third-order valence-corrected chi connectivity index (χ3v) is 2.83.